The van der Waals surface area contributed by atoms with E-state index in [1.54, 1.807) is 30.0 Å². The predicted octanol–water partition coefficient (Wildman–Crippen LogP) is 6.79. The molecule has 3 unspecified atom stereocenters. The van der Waals surface area contributed by atoms with E-state index in [1.165, 1.54) is 38.2 Å². The van der Waals surface area contributed by atoms with Crippen molar-refractivity contribution in [3.63, 3.8) is 0 Å². The number of ether oxygens (including phenoxy) is 1. The van der Waals surface area contributed by atoms with E-state index < -0.39 is 5.92 Å². The summed E-state index contributed by atoms with van der Waals surface area (Å²) in [6.07, 6.45) is 12.0. The number of carbonyl (C=O) groups is 2. The molecule has 5 heteroatoms. The minimum Gasteiger partial charge on any atom is -0.451 e. The van der Waals surface area contributed by atoms with Gasteiger partial charge in [-0.05, 0) is 43.7 Å². The topological polar surface area (TPSA) is 43.4 Å². The van der Waals surface area contributed by atoms with Gasteiger partial charge in [-0.2, -0.15) is 0 Å². The van der Waals surface area contributed by atoms with Gasteiger partial charge in [-0.1, -0.05) is 63.6 Å². The second-order valence-electron chi connectivity index (χ2n) is 8.72. The molecule has 0 radical (unpaired) electrons. The van der Waals surface area contributed by atoms with E-state index in [0.29, 0.717) is 12.0 Å². The Bertz CT molecular complexity index is 703. The highest BCUT2D eigenvalue weighted by Gasteiger charge is 2.43. The largest absolute Gasteiger partial charge is 0.451 e. The number of halogens is 1. The molecule has 1 heterocycles. The summed E-state index contributed by atoms with van der Waals surface area (Å²) in [5.74, 6) is -0.647. The molecule has 2 fully saturated rings. The molecule has 3 rings (SSSR count). The number of Topliss-reactive ketones (excluding diaryl/α,β-unsaturated/α-hetero) is 1. The third kappa shape index (κ3) is 6.83. The van der Waals surface area contributed by atoms with Crippen LogP contribution in [0.2, 0.25) is 0 Å². The number of unbranched alkanes of at least 4 members (excludes halogenated alkanes) is 6. The van der Waals surface area contributed by atoms with E-state index in [2.05, 4.69) is 6.92 Å². The summed E-state index contributed by atoms with van der Waals surface area (Å²) in [6, 6.07) is 6.63. The summed E-state index contributed by atoms with van der Waals surface area (Å²) in [5, 5.41) is -0.0219. The van der Waals surface area contributed by atoms with E-state index in [4.69, 9.17) is 4.74 Å². The minimum absolute atomic E-state index is 0.0219. The van der Waals surface area contributed by atoms with Crippen LogP contribution in [0.3, 0.4) is 0 Å². The molecule has 1 saturated carbocycles. The third-order valence-electron chi connectivity index (χ3n) is 6.16. The molecule has 0 amide bonds. The van der Waals surface area contributed by atoms with Crippen molar-refractivity contribution < 1.29 is 18.7 Å². The molecule has 0 spiro atoms. The van der Waals surface area contributed by atoms with Crippen molar-refractivity contribution in [2.45, 2.75) is 101 Å². The maximum Gasteiger partial charge on any atom is 0.306 e. The van der Waals surface area contributed by atoms with Crippen LogP contribution in [0.4, 0.5) is 4.39 Å². The summed E-state index contributed by atoms with van der Waals surface area (Å²) in [7, 11) is 0. The quantitative estimate of drug-likeness (QED) is 0.253. The maximum atomic E-state index is 14.5. The van der Waals surface area contributed by atoms with Gasteiger partial charge in [0.05, 0.1) is 5.92 Å². The Morgan fingerprint density at radius 2 is 1.73 bits per heavy atom. The normalized spacial score (nSPS) is 22.1. The fourth-order valence-electron chi connectivity index (χ4n) is 4.28. The molecule has 1 aromatic rings. The van der Waals surface area contributed by atoms with Crippen LogP contribution < -0.4 is 0 Å². The first kappa shape index (κ1) is 23.3. The monoisotopic (exact) mass is 434 g/mol. The Kier molecular flexibility index (Phi) is 9.23. The molecule has 3 atom stereocenters. The summed E-state index contributed by atoms with van der Waals surface area (Å²) >= 11 is 1.55. The summed E-state index contributed by atoms with van der Waals surface area (Å²) in [6.45, 7) is 2.21. The predicted molar refractivity (Wildman–Crippen MR) is 120 cm³/mol. The van der Waals surface area contributed by atoms with Crippen molar-refractivity contribution in [2.75, 3.05) is 0 Å². The lowest BCUT2D eigenvalue weighted by Crippen LogP contribution is -2.25. The second-order valence-corrected chi connectivity index (χ2v) is 10.1. The Labute approximate surface area is 184 Å². The standard InChI is InChI=1S/C25H35FO3S/c1-2-3-4-5-6-7-8-13-22(27)29-23-17-16-21(30-23)24(25(28)18-14-15-18)19-11-9-10-12-20(19)26/h9-12,18,21,23-24H,2-8,13-17H2,1H3. The average Bonchev–Trinajstić information content (AvgIpc) is 3.49. The van der Waals surface area contributed by atoms with Crippen molar-refractivity contribution >= 4 is 23.5 Å². The summed E-state index contributed by atoms with van der Waals surface area (Å²) < 4.78 is 20.1. The first-order valence-corrected chi connectivity index (χ1v) is 12.7. The van der Waals surface area contributed by atoms with Gasteiger partial charge in [0.25, 0.3) is 0 Å². The highest BCUT2D eigenvalue weighted by molar-refractivity contribution is 8.00. The minimum atomic E-state index is -0.435. The van der Waals surface area contributed by atoms with Crippen molar-refractivity contribution in [3.05, 3.63) is 35.6 Å². The number of rotatable bonds is 13. The molecule has 3 nitrogen and oxygen atoms in total. The average molecular weight is 435 g/mol. The number of hydrogen-bond donors (Lipinski definition) is 0. The molecule has 2 aliphatic rings. The van der Waals surface area contributed by atoms with Crippen molar-refractivity contribution in [1.29, 1.82) is 0 Å². The number of benzene rings is 1. The van der Waals surface area contributed by atoms with Crippen LogP contribution in [0.25, 0.3) is 0 Å². The fraction of sp³-hybridized carbons (Fsp3) is 0.680. The molecular weight excluding hydrogens is 399 g/mol. The zero-order valence-electron chi connectivity index (χ0n) is 18.1. The lowest BCUT2D eigenvalue weighted by atomic mass is 9.87. The maximum absolute atomic E-state index is 14.5. The first-order valence-electron chi connectivity index (χ1n) is 11.7. The van der Waals surface area contributed by atoms with Crippen LogP contribution in [-0.2, 0) is 14.3 Å². The zero-order chi connectivity index (χ0) is 21.3. The Balaban J connectivity index is 1.46. The third-order valence-corrected chi connectivity index (χ3v) is 7.65. The van der Waals surface area contributed by atoms with Crippen LogP contribution in [0, 0.1) is 11.7 Å². The van der Waals surface area contributed by atoms with Crippen LogP contribution in [0.1, 0.15) is 95.5 Å². The number of hydrogen-bond acceptors (Lipinski definition) is 4. The highest BCUT2D eigenvalue weighted by atomic mass is 32.2. The Hall–Kier alpha value is -1.36. The Morgan fingerprint density at radius 1 is 1.03 bits per heavy atom. The highest BCUT2D eigenvalue weighted by Crippen LogP contribution is 2.47. The molecule has 0 N–H and O–H groups in total. The van der Waals surface area contributed by atoms with Crippen LogP contribution in [-0.4, -0.2) is 22.4 Å². The molecule has 1 aliphatic carbocycles. The number of ketones is 1. The molecule has 0 bridgehead atoms. The molecule has 1 aromatic carbocycles. The number of carbonyl (C=O) groups excluding carboxylic acids is 2. The van der Waals surface area contributed by atoms with Gasteiger partial charge in [0, 0.05) is 17.6 Å². The van der Waals surface area contributed by atoms with Gasteiger partial charge < -0.3 is 4.74 Å². The van der Waals surface area contributed by atoms with Crippen LogP contribution >= 0.6 is 11.8 Å². The smallest absolute Gasteiger partial charge is 0.306 e. The van der Waals surface area contributed by atoms with E-state index in [-0.39, 0.29) is 34.2 Å². The van der Waals surface area contributed by atoms with Gasteiger partial charge in [0.1, 0.15) is 17.0 Å². The SMILES string of the molecule is CCCCCCCCCC(=O)OC1CCC(C(C(=O)C2CC2)c2ccccc2F)S1. The van der Waals surface area contributed by atoms with Crippen LogP contribution in [0.5, 0.6) is 0 Å². The van der Waals surface area contributed by atoms with Crippen molar-refractivity contribution in [3.8, 4) is 0 Å². The molecule has 1 saturated heterocycles. The molecule has 0 aromatic heterocycles. The fourth-order valence-corrected chi connectivity index (χ4v) is 5.82. The van der Waals surface area contributed by atoms with E-state index in [0.717, 1.165) is 38.5 Å². The second kappa shape index (κ2) is 11.9. The molecule has 166 valence electrons. The van der Waals surface area contributed by atoms with E-state index in [9.17, 15) is 14.0 Å². The summed E-state index contributed by atoms with van der Waals surface area (Å²) in [5.41, 5.74) is 0.287. The van der Waals surface area contributed by atoms with Crippen molar-refractivity contribution in [1.82, 2.24) is 0 Å². The van der Waals surface area contributed by atoms with Gasteiger partial charge in [-0.25, -0.2) is 4.39 Å². The lowest BCUT2D eigenvalue weighted by molar-refractivity contribution is -0.145. The summed E-state index contributed by atoms with van der Waals surface area (Å²) in [4.78, 5) is 25.2. The lowest BCUT2D eigenvalue weighted by Gasteiger charge is -2.23. The Morgan fingerprint density at radius 3 is 2.43 bits per heavy atom. The van der Waals surface area contributed by atoms with E-state index in [1.807, 2.05) is 0 Å². The molecular formula is C25H35FO3S. The van der Waals surface area contributed by atoms with Crippen LogP contribution in [0.15, 0.2) is 24.3 Å². The zero-order valence-corrected chi connectivity index (χ0v) is 18.9. The van der Waals surface area contributed by atoms with Crippen molar-refractivity contribution in [2.24, 2.45) is 5.92 Å². The van der Waals surface area contributed by atoms with Gasteiger partial charge in [0.15, 0.2) is 0 Å². The molecule has 1 aliphatic heterocycles. The van der Waals surface area contributed by atoms with Gasteiger partial charge in [-0.3, -0.25) is 9.59 Å². The number of thioether (sulfide) groups is 1. The van der Waals surface area contributed by atoms with Gasteiger partial charge in [-0.15, -0.1) is 11.8 Å². The van der Waals surface area contributed by atoms with Gasteiger partial charge in [0.2, 0.25) is 0 Å². The van der Waals surface area contributed by atoms with Gasteiger partial charge >= 0.3 is 5.97 Å². The van der Waals surface area contributed by atoms with E-state index >= 15 is 0 Å². The number of esters is 1. The first-order chi connectivity index (χ1) is 14.6. The molecule has 30 heavy (non-hydrogen) atoms.